The fourth-order valence-electron chi connectivity index (χ4n) is 1.34. The molecule has 0 radical (unpaired) electrons. The molecule has 23 heavy (non-hydrogen) atoms. The Morgan fingerprint density at radius 2 is 0.652 bits per heavy atom. The van der Waals surface area contributed by atoms with E-state index in [4.69, 9.17) is 0 Å². The van der Waals surface area contributed by atoms with Gasteiger partial charge in [0.1, 0.15) is 0 Å². The SMILES string of the molecule is CCP(CC)CC.CCP(CC)CC.[CH2-]C(C)(C)C([CH2-])(C)C.[Pt+2]. The van der Waals surface area contributed by atoms with E-state index in [-0.39, 0.29) is 31.9 Å². The van der Waals surface area contributed by atoms with Crippen molar-refractivity contribution in [3.05, 3.63) is 13.8 Å². The zero-order chi connectivity index (χ0) is 18.4. The summed E-state index contributed by atoms with van der Waals surface area (Å²) in [7, 11) is 0.892. The maximum Gasteiger partial charge on any atom is 2.00 e. The minimum absolute atomic E-state index is 0. The van der Waals surface area contributed by atoms with Crippen LogP contribution in [0, 0.1) is 24.7 Å². The number of hydrogen-bond donors (Lipinski definition) is 0. The van der Waals surface area contributed by atoms with Crippen LogP contribution in [0.15, 0.2) is 0 Å². The summed E-state index contributed by atoms with van der Waals surface area (Å²) in [5.41, 5.74) is 0.153. The Bertz CT molecular complexity index is 174. The molecule has 146 valence electrons. The second kappa shape index (κ2) is 18.3. The van der Waals surface area contributed by atoms with E-state index < -0.39 is 0 Å². The van der Waals surface area contributed by atoms with Gasteiger partial charge in [0.25, 0.3) is 0 Å². The van der Waals surface area contributed by atoms with Gasteiger partial charge >= 0.3 is 21.1 Å². The first kappa shape index (κ1) is 32.2. The normalized spacial score (nSPS) is 11.2. The third-order valence-electron chi connectivity index (χ3n) is 4.52. The smallest absolute Gasteiger partial charge is 0.340 e. The van der Waals surface area contributed by atoms with Crippen LogP contribution in [0.4, 0.5) is 0 Å². The van der Waals surface area contributed by atoms with Crippen LogP contribution in [0.2, 0.25) is 0 Å². The van der Waals surface area contributed by atoms with E-state index in [0.717, 1.165) is 0 Å². The molecular weight excluding hydrogens is 497 g/mol. The van der Waals surface area contributed by atoms with Crippen LogP contribution in [0.5, 0.6) is 0 Å². The Balaban J connectivity index is -0.000000116. The minimum atomic E-state index is 0. The van der Waals surface area contributed by atoms with Crippen LogP contribution in [-0.2, 0) is 21.1 Å². The molecular formula is C20H46P2Pt. The fourth-order valence-corrected chi connectivity index (χ4v) is 4.02. The summed E-state index contributed by atoms with van der Waals surface area (Å²) in [5, 5.41) is 0. The van der Waals surface area contributed by atoms with Gasteiger partial charge in [-0.15, -0.1) is 15.8 Å². The molecule has 0 saturated carbocycles. The van der Waals surface area contributed by atoms with Crippen LogP contribution < -0.4 is 0 Å². The molecule has 0 nitrogen and oxygen atoms in total. The average Bonchev–Trinajstić information content (AvgIpc) is 2.42. The maximum absolute atomic E-state index is 3.98. The van der Waals surface area contributed by atoms with Gasteiger partial charge in [0.05, 0.1) is 0 Å². The van der Waals surface area contributed by atoms with Crippen molar-refractivity contribution in [3.8, 4) is 0 Å². The van der Waals surface area contributed by atoms with E-state index in [1.165, 1.54) is 37.0 Å². The van der Waals surface area contributed by atoms with Crippen molar-refractivity contribution < 1.29 is 21.1 Å². The van der Waals surface area contributed by atoms with Crippen molar-refractivity contribution in [2.24, 2.45) is 10.8 Å². The molecule has 0 N–H and O–H groups in total. The molecule has 0 aromatic rings. The van der Waals surface area contributed by atoms with Crippen molar-refractivity contribution in [2.75, 3.05) is 37.0 Å². The Hall–Kier alpha value is 1.55. The van der Waals surface area contributed by atoms with Gasteiger partial charge in [-0.25, -0.2) is 0 Å². The van der Waals surface area contributed by atoms with E-state index >= 15 is 0 Å². The standard InChI is InChI=1S/C8H16.2C6H15P.Pt/c1-7(2,3)8(4,5)6;2*1-4-7(5-2)6-3;/h1,4H2,2-3,5-6H3;2*4-6H2,1-3H3;/q-2;;;+2. The molecule has 0 atom stereocenters. The molecule has 0 fully saturated rings. The fraction of sp³-hybridized carbons (Fsp3) is 0.900. The average molecular weight is 544 g/mol. The Morgan fingerprint density at radius 1 is 0.522 bits per heavy atom. The molecule has 0 aliphatic rings. The second-order valence-electron chi connectivity index (χ2n) is 7.01. The quantitative estimate of drug-likeness (QED) is 0.227. The summed E-state index contributed by atoms with van der Waals surface area (Å²) in [6.45, 7) is 30.1. The second-order valence-corrected chi connectivity index (χ2v) is 13.5. The molecule has 0 aliphatic carbocycles. The van der Waals surface area contributed by atoms with Gasteiger partial charge in [-0.3, -0.25) is 0 Å². The van der Waals surface area contributed by atoms with Crippen LogP contribution in [0.3, 0.4) is 0 Å². The van der Waals surface area contributed by atoms with E-state index in [2.05, 4.69) is 83.1 Å². The van der Waals surface area contributed by atoms with E-state index in [1.54, 1.807) is 0 Å². The zero-order valence-electron chi connectivity index (χ0n) is 17.9. The van der Waals surface area contributed by atoms with Crippen molar-refractivity contribution in [1.29, 1.82) is 0 Å². The Labute approximate surface area is 167 Å². The van der Waals surface area contributed by atoms with Gasteiger partial charge in [-0.2, -0.15) is 10.8 Å². The summed E-state index contributed by atoms with van der Waals surface area (Å²) >= 11 is 0. The first-order chi connectivity index (χ1) is 9.94. The summed E-state index contributed by atoms with van der Waals surface area (Å²) in [6.07, 6.45) is 8.51. The molecule has 0 amide bonds. The summed E-state index contributed by atoms with van der Waals surface area (Å²) in [6, 6.07) is 0. The van der Waals surface area contributed by atoms with Crippen LogP contribution in [-0.4, -0.2) is 37.0 Å². The zero-order valence-corrected chi connectivity index (χ0v) is 21.9. The number of rotatable bonds is 7. The van der Waals surface area contributed by atoms with Crippen molar-refractivity contribution in [2.45, 2.75) is 69.2 Å². The van der Waals surface area contributed by atoms with Crippen LogP contribution in [0.25, 0.3) is 0 Å². The first-order valence-electron chi connectivity index (χ1n) is 9.10. The van der Waals surface area contributed by atoms with Gasteiger partial charge in [-0.05, 0) is 37.0 Å². The largest absolute Gasteiger partial charge is 2.00 e. The third kappa shape index (κ3) is 21.5. The molecule has 0 saturated heterocycles. The van der Waals surface area contributed by atoms with Gasteiger partial charge < -0.3 is 13.8 Å². The Morgan fingerprint density at radius 3 is 0.652 bits per heavy atom. The van der Waals surface area contributed by atoms with Crippen molar-refractivity contribution >= 4 is 15.8 Å². The topological polar surface area (TPSA) is 0 Å². The predicted octanol–water partition coefficient (Wildman–Crippen LogP) is 7.76. The summed E-state index contributed by atoms with van der Waals surface area (Å²) in [5.74, 6) is 0. The van der Waals surface area contributed by atoms with E-state index in [9.17, 15) is 0 Å². The van der Waals surface area contributed by atoms with Crippen LogP contribution in [0.1, 0.15) is 69.2 Å². The van der Waals surface area contributed by atoms with Gasteiger partial charge in [0.15, 0.2) is 0 Å². The maximum atomic E-state index is 3.98. The molecule has 0 aromatic carbocycles. The van der Waals surface area contributed by atoms with Gasteiger partial charge in [0.2, 0.25) is 0 Å². The monoisotopic (exact) mass is 543 g/mol. The van der Waals surface area contributed by atoms with Crippen LogP contribution >= 0.6 is 15.8 Å². The Kier molecular flexibility index (Phi) is 25.7. The van der Waals surface area contributed by atoms with Crippen molar-refractivity contribution in [3.63, 3.8) is 0 Å². The molecule has 0 aromatic heterocycles. The predicted molar refractivity (Wildman–Crippen MR) is 115 cm³/mol. The first-order valence-corrected chi connectivity index (χ1v) is 12.9. The van der Waals surface area contributed by atoms with Gasteiger partial charge in [-0.1, -0.05) is 69.2 Å². The molecule has 0 aliphatic heterocycles. The van der Waals surface area contributed by atoms with Gasteiger partial charge in [0, 0.05) is 0 Å². The minimum Gasteiger partial charge on any atom is -0.340 e. The van der Waals surface area contributed by atoms with Crippen molar-refractivity contribution in [1.82, 2.24) is 0 Å². The molecule has 0 bridgehead atoms. The molecule has 0 spiro atoms. The molecule has 0 heterocycles. The third-order valence-corrected chi connectivity index (χ3v) is 9.88. The summed E-state index contributed by atoms with van der Waals surface area (Å²) < 4.78 is 0. The van der Waals surface area contributed by atoms with E-state index in [1.807, 2.05) is 0 Å². The molecule has 3 heteroatoms. The molecule has 0 unspecified atom stereocenters. The number of hydrogen-bond acceptors (Lipinski definition) is 0. The molecule has 0 rings (SSSR count). The summed E-state index contributed by atoms with van der Waals surface area (Å²) in [4.78, 5) is 0. The van der Waals surface area contributed by atoms with E-state index in [0.29, 0.717) is 15.8 Å².